The molecule has 0 spiro atoms. The first-order valence-corrected chi connectivity index (χ1v) is 6.41. The summed E-state index contributed by atoms with van der Waals surface area (Å²) in [6.07, 6.45) is 0. The summed E-state index contributed by atoms with van der Waals surface area (Å²) in [4.78, 5) is 10.9. The van der Waals surface area contributed by atoms with Gasteiger partial charge in [-0.3, -0.25) is 0 Å². The monoisotopic (exact) mass is 341 g/mol. The van der Waals surface area contributed by atoms with Crippen LogP contribution in [0.5, 0.6) is 5.75 Å². The number of aromatic nitrogens is 1. The highest BCUT2D eigenvalue weighted by molar-refractivity contribution is 9.10. The van der Waals surface area contributed by atoms with Crippen LogP contribution in [0.4, 0.5) is 0 Å². The molecule has 0 unspecified atom stereocenters. The van der Waals surface area contributed by atoms with Gasteiger partial charge in [-0.1, -0.05) is 21.1 Å². The van der Waals surface area contributed by atoms with Crippen LogP contribution in [0.15, 0.2) is 27.2 Å². The zero-order valence-corrected chi connectivity index (χ0v) is 12.4. The molecule has 2 rings (SSSR count). The first-order chi connectivity index (χ1) is 9.56. The summed E-state index contributed by atoms with van der Waals surface area (Å²) in [6, 6.07) is 4.97. The molecule has 20 heavy (non-hydrogen) atoms. The highest BCUT2D eigenvalue weighted by atomic mass is 79.9. The van der Waals surface area contributed by atoms with Crippen LogP contribution < -0.4 is 4.74 Å². The molecule has 1 N–H and O–H groups in total. The number of ether oxygens (including phenoxy) is 2. The summed E-state index contributed by atoms with van der Waals surface area (Å²) in [7, 11) is 3.09. The Morgan fingerprint density at radius 2 is 2.15 bits per heavy atom. The topological polar surface area (TPSA) is 81.8 Å². The molecule has 0 atom stereocenters. The van der Waals surface area contributed by atoms with Crippen molar-refractivity contribution in [1.29, 1.82) is 0 Å². The number of carboxylic acid groups (broad SMARTS) is 1. The minimum atomic E-state index is -1.15. The molecular weight excluding hydrogens is 330 g/mol. The summed E-state index contributed by atoms with van der Waals surface area (Å²) in [5.74, 6) is -0.289. The highest BCUT2D eigenvalue weighted by Crippen LogP contribution is 2.37. The summed E-state index contributed by atoms with van der Waals surface area (Å²) in [6.45, 7) is 0.328. The van der Waals surface area contributed by atoms with E-state index in [0.717, 1.165) is 10.0 Å². The number of carbonyl (C=O) groups is 1. The van der Waals surface area contributed by atoms with Gasteiger partial charge in [-0.2, -0.15) is 0 Å². The van der Waals surface area contributed by atoms with Gasteiger partial charge in [-0.25, -0.2) is 4.79 Å². The van der Waals surface area contributed by atoms with E-state index in [-0.39, 0.29) is 5.69 Å². The molecule has 106 valence electrons. The minimum absolute atomic E-state index is 0.159. The van der Waals surface area contributed by atoms with Crippen molar-refractivity contribution in [1.82, 2.24) is 5.16 Å². The van der Waals surface area contributed by atoms with Crippen LogP contribution in [0.3, 0.4) is 0 Å². The molecule has 1 aromatic carbocycles. The van der Waals surface area contributed by atoms with E-state index in [1.54, 1.807) is 13.2 Å². The molecule has 0 aliphatic heterocycles. The van der Waals surface area contributed by atoms with E-state index in [4.69, 9.17) is 19.1 Å². The zero-order chi connectivity index (χ0) is 14.7. The molecule has 0 amide bonds. The van der Waals surface area contributed by atoms with E-state index in [2.05, 4.69) is 21.1 Å². The maximum absolute atomic E-state index is 10.9. The van der Waals surface area contributed by atoms with Crippen molar-refractivity contribution < 1.29 is 23.9 Å². The average molecular weight is 342 g/mol. The number of hydrogen-bond donors (Lipinski definition) is 1. The summed E-state index contributed by atoms with van der Waals surface area (Å²) in [5.41, 5.74) is 1.26. The molecule has 1 heterocycles. The molecule has 0 aliphatic rings. The number of halogens is 1. The summed E-state index contributed by atoms with van der Waals surface area (Å²) < 4.78 is 16.4. The van der Waals surface area contributed by atoms with Crippen LogP contribution in [-0.4, -0.2) is 30.5 Å². The largest absolute Gasteiger partial charge is 0.496 e. The third-order valence-electron chi connectivity index (χ3n) is 2.64. The van der Waals surface area contributed by atoms with Crippen molar-refractivity contribution >= 4 is 21.9 Å². The first-order valence-electron chi connectivity index (χ1n) is 5.62. The smallest absolute Gasteiger partial charge is 0.358 e. The number of methoxy groups -OCH3 is 2. The van der Waals surface area contributed by atoms with Crippen LogP contribution in [-0.2, 0) is 11.3 Å². The molecule has 7 heteroatoms. The number of nitrogens with zero attached hydrogens (tertiary/aromatic N) is 1. The number of benzene rings is 1. The fraction of sp³-hybridized carbons (Fsp3) is 0.231. The van der Waals surface area contributed by atoms with Crippen LogP contribution in [0, 0.1) is 0 Å². The van der Waals surface area contributed by atoms with E-state index in [1.807, 2.05) is 6.07 Å². The fourth-order valence-corrected chi connectivity index (χ4v) is 2.32. The van der Waals surface area contributed by atoms with Crippen LogP contribution in [0.1, 0.15) is 16.1 Å². The van der Waals surface area contributed by atoms with Crippen molar-refractivity contribution in [3.8, 4) is 17.1 Å². The first kappa shape index (κ1) is 14.5. The molecule has 0 bridgehead atoms. The van der Waals surface area contributed by atoms with E-state index in [0.29, 0.717) is 23.7 Å². The molecule has 1 aromatic heterocycles. The fourth-order valence-electron chi connectivity index (χ4n) is 1.84. The van der Waals surface area contributed by atoms with Crippen molar-refractivity contribution in [2.24, 2.45) is 0 Å². The lowest BCUT2D eigenvalue weighted by Crippen LogP contribution is -1.97. The van der Waals surface area contributed by atoms with Gasteiger partial charge in [-0.15, -0.1) is 0 Å². The summed E-state index contributed by atoms with van der Waals surface area (Å²) >= 11 is 3.38. The van der Waals surface area contributed by atoms with Gasteiger partial charge in [0.2, 0.25) is 0 Å². The van der Waals surface area contributed by atoms with Gasteiger partial charge >= 0.3 is 5.97 Å². The molecule has 0 saturated carbocycles. The Labute approximate surface area is 123 Å². The van der Waals surface area contributed by atoms with Crippen LogP contribution in [0.25, 0.3) is 11.3 Å². The molecule has 0 radical (unpaired) electrons. The van der Waals surface area contributed by atoms with Gasteiger partial charge < -0.3 is 19.1 Å². The molecule has 2 aromatic rings. The lowest BCUT2D eigenvalue weighted by molar-refractivity contribution is 0.0686. The third kappa shape index (κ3) is 2.83. The van der Waals surface area contributed by atoms with Gasteiger partial charge in [-0.05, 0) is 17.7 Å². The Hall–Kier alpha value is -1.86. The predicted octanol–water partition coefficient (Wildman–Crippen LogP) is 2.96. The Morgan fingerprint density at radius 1 is 1.40 bits per heavy atom. The van der Waals surface area contributed by atoms with Gasteiger partial charge in [0, 0.05) is 17.6 Å². The lowest BCUT2D eigenvalue weighted by atomic mass is 10.0. The second kappa shape index (κ2) is 6.06. The minimum Gasteiger partial charge on any atom is -0.496 e. The number of carboxylic acids is 1. The number of hydrogen-bond acceptors (Lipinski definition) is 5. The van der Waals surface area contributed by atoms with E-state index in [9.17, 15) is 4.79 Å². The maximum Gasteiger partial charge on any atom is 0.358 e. The Balaban J connectivity index is 2.59. The van der Waals surface area contributed by atoms with Gasteiger partial charge in [0.05, 0.1) is 19.3 Å². The lowest BCUT2D eigenvalue weighted by Gasteiger charge is -2.12. The Morgan fingerprint density at radius 3 is 2.70 bits per heavy atom. The van der Waals surface area contributed by atoms with Gasteiger partial charge in [0.25, 0.3) is 0 Å². The SMILES string of the molecule is COCc1cc(Br)cc(OC)c1-c1cc(C(=O)O)no1. The van der Waals surface area contributed by atoms with Gasteiger partial charge in [0.15, 0.2) is 11.5 Å². The van der Waals surface area contributed by atoms with E-state index in [1.165, 1.54) is 13.2 Å². The molecule has 0 aliphatic carbocycles. The highest BCUT2D eigenvalue weighted by Gasteiger charge is 2.19. The second-order valence-electron chi connectivity index (χ2n) is 3.96. The van der Waals surface area contributed by atoms with Crippen LogP contribution in [0.2, 0.25) is 0 Å². The van der Waals surface area contributed by atoms with Crippen molar-refractivity contribution in [2.45, 2.75) is 6.61 Å². The average Bonchev–Trinajstić information content (AvgIpc) is 2.87. The zero-order valence-electron chi connectivity index (χ0n) is 10.8. The van der Waals surface area contributed by atoms with E-state index < -0.39 is 5.97 Å². The predicted molar refractivity (Wildman–Crippen MR) is 73.9 cm³/mol. The summed E-state index contributed by atoms with van der Waals surface area (Å²) in [5, 5.41) is 12.4. The normalized spacial score (nSPS) is 10.6. The number of aromatic carboxylic acids is 1. The Kier molecular flexibility index (Phi) is 4.41. The molecular formula is C13H12BrNO5. The van der Waals surface area contributed by atoms with Crippen molar-refractivity contribution in [2.75, 3.05) is 14.2 Å². The quantitative estimate of drug-likeness (QED) is 0.900. The number of rotatable bonds is 5. The van der Waals surface area contributed by atoms with Gasteiger partial charge in [0.1, 0.15) is 5.75 Å². The van der Waals surface area contributed by atoms with Crippen molar-refractivity contribution in [3.63, 3.8) is 0 Å². The third-order valence-corrected chi connectivity index (χ3v) is 3.10. The second-order valence-corrected chi connectivity index (χ2v) is 4.87. The van der Waals surface area contributed by atoms with Crippen molar-refractivity contribution in [3.05, 3.63) is 33.9 Å². The maximum atomic E-state index is 10.9. The molecule has 0 fully saturated rings. The standard InChI is InChI=1S/C13H12BrNO5/c1-18-6-7-3-8(14)4-10(19-2)12(7)11-5-9(13(16)17)15-20-11/h3-5H,6H2,1-2H3,(H,16,17). The Bertz CT molecular complexity index is 638. The van der Waals surface area contributed by atoms with Crippen LogP contribution >= 0.6 is 15.9 Å². The molecule has 6 nitrogen and oxygen atoms in total. The molecule has 0 saturated heterocycles. The van der Waals surface area contributed by atoms with E-state index >= 15 is 0 Å².